The maximum Gasteiger partial charge on any atom is 0.333 e. The fourth-order valence-corrected chi connectivity index (χ4v) is 3.54. The lowest BCUT2D eigenvalue weighted by atomic mass is 10.1. The van der Waals surface area contributed by atoms with Crippen molar-refractivity contribution in [2.75, 3.05) is 5.32 Å². The maximum atomic E-state index is 12.1. The summed E-state index contributed by atoms with van der Waals surface area (Å²) < 4.78 is 26.3. The lowest BCUT2D eigenvalue weighted by Gasteiger charge is -2.09. The number of urea groups is 1. The summed E-state index contributed by atoms with van der Waals surface area (Å²) in [6.45, 7) is 2.00. The monoisotopic (exact) mass is 395 g/mol. The van der Waals surface area contributed by atoms with E-state index in [1.807, 2.05) is 42.1 Å². The third kappa shape index (κ3) is 5.40. The largest absolute Gasteiger partial charge is 0.333 e. The van der Waals surface area contributed by atoms with Crippen LogP contribution in [0, 0.1) is 6.92 Å². The van der Waals surface area contributed by atoms with Crippen LogP contribution in [0.4, 0.5) is 10.5 Å². The fraction of sp³-hybridized carbons (Fsp3) is 0.143. The van der Waals surface area contributed by atoms with E-state index in [1.165, 1.54) is 12.1 Å². The van der Waals surface area contributed by atoms with Crippen LogP contribution >= 0.6 is 0 Å². The van der Waals surface area contributed by atoms with E-state index in [0.717, 1.165) is 29.7 Å². The van der Waals surface area contributed by atoms with Gasteiger partial charge in [0.1, 0.15) is 0 Å². The first-order chi connectivity index (χ1) is 13.4. The maximum absolute atomic E-state index is 12.1. The van der Waals surface area contributed by atoms with Gasteiger partial charge >= 0.3 is 6.03 Å². The number of anilines is 1. The van der Waals surface area contributed by atoms with E-state index < -0.39 is 16.1 Å². The van der Waals surface area contributed by atoms with Crippen molar-refractivity contribution >= 4 is 21.7 Å². The van der Waals surface area contributed by atoms with E-state index >= 15 is 0 Å². The predicted molar refractivity (Wildman–Crippen MR) is 109 cm³/mol. The fourth-order valence-electron chi connectivity index (χ4n) is 2.61. The van der Waals surface area contributed by atoms with Gasteiger partial charge in [0.2, 0.25) is 0 Å². The zero-order valence-corrected chi connectivity index (χ0v) is 16.2. The van der Waals surface area contributed by atoms with E-state index in [2.05, 4.69) is 10.3 Å². The molecule has 1 heterocycles. The molecule has 0 atom stereocenters. The summed E-state index contributed by atoms with van der Waals surface area (Å²) in [7, 11) is -3.90. The molecule has 2 aromatic carbocycles. The number of nitrogens with one attached hydrogen (secondary N) is 2. The lowest BCUT2D eigenvalue weighted by molar-refractivity contribution is 0.256. The molecule has 1 aromatic heterocycles. The number of hydrogen-bond acceptors (Lipinski definition) is 4. The van der Waals surface area contributed by atoms with Gasteiger partial charge in [-0.2, -0.15) is 0 Å². The van der Waals surface area contributed by atoms with Gasteiger partial charge < -0.3 is 5.32 Å². The molecule has 2 N–H and O–H groups in total. The normalized spacial score (nSPS) is 11.0. The van der Waals surface area contributed by atoms with Crippen molar-refractivity contribution < 1.29 is 13.2 Å². The molecule has 7 heteroatoms. The van der Waals surface area contributed by atoms with Gasteiger partial charge in [0.15, 0.2) is 0 Å². The topological polar surface area (TPSA) is 88.2 Å². The van der Waals surface area contributed by atoms with Gasteiger partial charge in [-0.1, -0.05) is 36.4 Å². The van der Waals surface area contributed by atoms with Crippen molar-refractivity contribution in [3.63, 3.8) is 0 Å². The number of aryl methyl sites for hydroxylation is 3. The molecule has 3 rings (SSSR count). The van der Waals surface area contributed by atoms with Gasteiger partial charge in [-0.3, -0.25) is 4.98 Å². The first-order valence-electron chi connectivity index (χ1n) is 8.82. The van der Waals surface area contributed by atoms with Crippen LogP contribution in [-0.2, 0) is 22.9 Å². The molecule has 0 aliphatic carbocycles. The second-order valence-corrected chi connectivity index (χ2v) is 8.08. The third-order valence-electron chi connectivity index (χ3n) is 4.13. The van der Waals surface area contributed by atoms with Crippen LogP contribution in [0.2, 0.25) is 0 Å². The average molecular weight is 395 g/mol. The number of amides is 2. The number of aromatic nitrogens is 1. The molecule has 0 fully saturated rings. The summed E-state index contributed by atoms with van der Waals surface area (Å²) in [5.41, 5.74) is 3.77. The van der Waals surface area contributed by atoms with Crippen molar-refractivity contribution in [2.45, 2.75) is 24.7 Å². The molecule has 28 heavy (non-hydrogen) atoms. The number of sulfonamides is 1. The van der Waals surface area contributed by atoms with Crippen LogP contribution in [0.5, 0.6) is 0 Å². The molecule has 6 nitrogen and oxygen atoms in total. The minimum Gasteiger partial charge on any atom is -0.307 e. The van der Waals surface area contributed by atoms with Crippen LogP contribution in [0.3, 0.4) is 0 Å². The molecule has 0 unspecified atom stereocenters. The Hall–Kier alpha value is -3.19. The van der Waals surface area contributed by atoms with Crippen LogP contribution in [0.1, 0.15) is 16.8 Å². The first-order valence-corrected chi connectivity index (χ1v) is 10.3. The van der Waals surface area contributed by atoms with Gasteiger partial charge in [-0.05, 0) is 61.2 Å². The van der Waals surface area contributed by atoms with E-state index in [1.54, 1.807) is 30.3 Å². The summed E-state index contributed by atoms with van der Waals surface area (Å²) in [5, 5.41) is 2.53. The molecular weight excluding hydrogens is 374 g/mol. The molecule has 0 spiro atoms. The zero-order valence-electron chi connectivity index (χ0n) is 15.4. The molecule has 0 aliphatic heterocycles. The van der Waals surface area contributed by atoms with Gasteiger partial charge in [-0.15, -0.1) is 0 Å². The Morgan fingerprint density at radius 3 is 2.29 bits per heavy atom. The minimum atomic E-state index is -3.90. The number of carbonyl (C=O) groups is 1. The van der Waals surface area contributed by atoms with Gasteiger partial charge in [0, 0.05) is 17.6 Å². The predicted octanol–water partition coefficient (Wildman–Crippen LogP) is 3.69. The van der Waals surface area contributed by atoms with Crippen LogP contribution in [0.25, 0.3) is 0 Å². The Balaban J connectivity index is 1.55. The van der Waals surface area contributed by atoms with Gasteiger partial charge in [-0.25, -0.2) is 17.9 Å². The van der Waals surface area contributed by atoms with Crippen molar-refractivity contribution in [1.82, 2.24) is 9.71 Å². The van der Waals surface area contributed by atoms with E-state index in [4.69, 9.17) is 0 Å². The number of benzene rings is 2. The highest BCUT2D eigenvalue weighted by atomic mass is 32.2. The van der Waals surface area contributed by atoms with Crippen LogP contribution in [0.15, 0.2) is 77.8 Å². The van der Waals surface area contributed by atoms with E-state index in [-0.39, 0.29) is 4.90 Å². The summed E-state index contributed by atoms with van der Waals surface area (Å²) in [6.07, 6.45) is 3.50. The number of carbonyl (C=O) groups excluding carboxylic acids is 1. The quantitative estimate of drug-likeness (QED) is 0.666. The molecule has 0 aliphatic rings. The van der Waals surface area contributed by atoms with Crippen molar-refractivity contribution in [2.24, 2.45) is 0 Å². The highest BCUT2D eigenvalue weighted by Crippen LogP contribution is 2.13. The van der Waals surface area contributed by atoms with Crippen molar-refractivity contribution in [3.8, 4) is 0 Å². The summed E-state index contributed by atoms with van der Waals surface area (Å²) in [6, 6.07) is 18.3. The average Bonchev–Trinajstić information content (AvgIpc) is 2.69. The van der Waals surface area contributed by atoms with Gasteiger partial charge in [0.25, 0.3) is 10.0 Å². The van der Waals surface area contributed by atoms with Gasteiger partial charge in [0.05, 0.1) is 4.90 Å². The zero-order chi connectivity index (χ0) is 20.0. The second-order valence-electron chi connectivity index (χ2n) is 6.40. The summed E-state index contributed by atoms with van der Waals surface area (Å²) in [4.78, 5) is 16.4. The SMILES string of the molecule is Cc1ccc(CCc2ccc(NC(=O)NS(=O)(=O)c3ccccc3)cc2)nc1. The third-order valence-corrected chi connectivity index (χ3v) is 5.48. The molecule has 0 saturated heterocycles. The number of hydrogen-bond donors (Lipinski definition) is 2. The van der Waals surface area contributed by atoms with Crippen molar-refractivity contribution in [1.29, 1.82) is 0 Å². The first kappa shape index (κ1) is 19.6. The second kappa shape index (κ2) is 8.67. The molecule has 0 bridgehead atoms. The molecular formula is C21H21N3O3S. The number of pyridine rings is 1. The lowest BCUT2D eigenvalue weighted by Crippen LogP contribution is -2.34. The number of nitrogens with zero attached hydrogens (tertiary/aromatic N) is 1. The summed E-state index contributed by atoms with van der Waals surface area (Å²) >= 11 is 0. The highest BCUT2D eigenvalue weighted by molar-refractivity contribution is 7.90. The Bertz CT molecular complexity index is 1030. The smallest absolute Gasteiger partial charge is 0.307 e. The van der Waals surface area contributed by atoms with Crippen LogP contribution < -0.4 is 10.0 Å². The van der Waals surface area contributed by atoms with E-state index in [0.29, 0.717) is 5.69 Å². The Morgan fingerprint density at radius 1 is 0.929 bits per heavy atom. The van der Waals surface area contributed by atoms with Crippen molar-refractivity contribution in [3.05, 3.63) is 89.7 Å². The standard InChI is InChI=1S/C21H21N3O3S/c1-16-7-11-18(22-15-16)12-8-17-9-13-19(14-10-17)23-21(25)24-28(26,27)20-5-3-2-4-6-20/h2-7,9-11,13-15H,8,12H2,1H3,(H2,23,24,25). The molecule has 0 saturated carbocycles. The Kier molecular flexibility index (Phi) is 6.06. The molecule has 3 aromatic rings. The molecule has 144 valence electrons. The Labute approximate surface area is 164 Å². The van der Waals surface area contributed by atoms with E-state index in [9.17, 15) is 13.2 Å². The van der Waals surface area contributed by atoms with Crippen LogP contribution in [-0.4, -0.2) is 19.4 Å². The number of rotatable bonds is 6. The minimum absolute atomic E-state index is 0.0326. The Morgan fingerprint density at radius 2 is 1.64 bits per heavy atom. The molecule has 2 amide bonds. The highest BCUT2D eigenvalue weighted by Gasteiger charge is 2.16. The summed E-state index contributed by atoms with van der Waals surface area (Å²) in [5.74, 6) is 0. The molecule has 0 radical (unpaired) electrons.